The first-order valence-electron chi connectivity index (χ1n) is 10.3. The van der Waals surface area contributed by atoms with Crippen molar-refractivity contribution in [1.82, 2.24) is 25.6 Å². The topological polar surface area (TPSA) is 106 Å². The Morgan fingerprint density at radius 3 is 2.31 bits per heavy atom. The van der Waals surface area contributed by atoms with Gasteiger partial charge in [-0.15, -0.1) is 0 Å². The molecule has 3 aromatic rings. The maximum Gasteiger partial charge on any atom is 0.408 e. The van der Waals surface area contributed by atoms with E-state index in [1.807, 2.05) is 30.3 Å². The summed E-state index contributed by atoms with van der Waals surface area (Å²) in [5.74, 6) is -0.318. The van der Waals surface area contributed by atoms with E-state index in [4.69, 9.17) is 4.74 Å². The fraction of sp³-hybridized carbons (Fsp3) is 0.292. The van der Waals surface area contributed by atoms with Crippen molar-refractivity contribution in [3.8, 4) is 11.4 Å². The van der Waals surface area contributed by atoms with Crippen LogP contribution < -0.4 is 10.6 Å². The number of pyridine rings is 3. The molecule has 0 fully saturated rings. The van der Waals surface area contributed by atoms with Crippen molar-refractivity contribution in [2.45, 2.75) is 45.4 Å². The van der Waals surface area contributed by atoms with E-state index in [1.54, 1.807) is 57.7 Å². The molecule has 2 amide bonds. The lowest BCUT2D eigenvalue weighted by Gasteiger charge is -2.23. The highest BCUT2D eigenvalue weighted by Crippen LogP contribution is 2.13. The van der Waals surface area contributed by atoms with Crippen molar-refractivity contribution in [3.63, 3.8) is 0 Å². The fourth-order valence-electron chi connectivity index (χ4n) is 2.92. The number of nitrogens with zero attached hydrogens (tertiary/aromatic N) is 3. The second-order valence-electron chi connectivity index (χ2n) is 8.24. The molecule has 0 aliphatic heterocycles. The Kier molecular flexibility index (Phi) is 7.49. The van der Waals surface area contributed by atoms with Gasteiger partial charge >= 0.3 is 6.09 Å². The maximum atomic E-state index is 12.9. The van der Waals surface area contributed by atoms with Crippen LogP contribution in [0.5, 0.6) is 0 Å². The van der Waals surface area contributed by atoms with Crippen LogP contribution in [0.25, 0.3) is 11.4 Å². The molecule has 2 N–H and O–H groups in total. The third-order valence-corrected chi connectivity index (χ3v) is 4.42. The molecule has 0 aromatic carbocycles. The second kappa shape index (κ2) is 10.5. The first-order chi connectivity index (χ1) is 15.3. The van der Waals surface area contributed by atoms with E-state index < -0.39 is 17.7 Å². The molecule has 32 heavy (non-hydrogen) atoms. The van der Waals surface area contributed by atoms with E-state index in [0.717, 1.165) is 22.5 Å². The van der Waals surface area contributed by atoms with Gasteiger partial charge in [-0.3, -0.25) is 19.7 Å². The standard InChI is InChI=1S/C24H27N5O3/c1-24(2,3)32-23(31)29-21(14-17-9-12-25-13-10-17)22(30)28-16-18-7-8-20(27-15-18)19-6-4-5-11-26-19/h4-13,15,21H,14,16H2,1-3H3,(H,28,30)(H,29,31)/t21-/m1/s1. The zero-order chi connectivity index (χ0) is 23.0. The minimum absolute atomic E-state index is 0.275. The highest BCUT2D eigenvalue weighted by atomic mass is 16.6. The average Bonchev–Trinajstić information content (AvgIpc) is 2.77. The Bertz CT molecular complexity index is 1020. The molecule has 0 aliphatic carbocycles. The summed E-state index contributed by atoms with van der Waals surface area (Å²) >= 11 is 0. The Morgan fingerprint density at radius 2 is 1.69 bits per heavy atom. The Hall–Kier alpha value is -3.81. The average molecular weight is 434 g/mol. The van der Waals surface area contributed by atoms with E-state index in [2.05, 4.69) is 25.6 Å². The number of hydrogen-bond acceptors (Lipinski definition) is 6. The molecule has 0 saturated carbocycles. The van der Waals surface area contributed by atoms with Gasteiger partial charge in [0, 0.05) is 37.8 Å². The SMILES string of the molecule is CC(C)(C)OC(=O)N[C@H](Cc1ccncc1)C(=O)NCc1ccc(-c2ccccn2)nc1. The summed E-state index contributed by atoms with van der Waals surface area (Å²) in [4.78, 5) is 37.8. The molecule has 3 heterocycles. The number of carbonyl (C=O) groups is 2. The number of rotatable bonds is 7. The Morgan fingerprint density at radius 1 is 0.938 bits per heavy atom. The van der Waals surface area contributed by atoms with E-state index in [0.29, 0.717) is 6.42 Å². The van der Waals surface area contributed by atoms with Crippen LogP contribution in [0.1, 0.15) is 31.9 Å². The molecule has 3 rings (SSSR count). The quantitative estimate of drug-likeness (QED) is 0.592. The molecule has 8 heteroatoms. The summed E-state index contributed by atoms with van der Waals surface area (Å²) in [5.41, 5.74) is 2.57. The first kappa shape index (κ1) is 22.9. The van der Waals surface area contributed by atoms with Gasteiger partial charge in [-0.25, -0.2) is 4.79 Å². The van der Waals surface area contributed by atoms with Crippen LogP contribution in [-0.2, 0) is 22.5 Å². The van der Waals surface area contributed by atoms with Crippen LogP contribution in [0.15, 0.2) is 67.3 Å². The predicted molar refractivity (Wildman–Crippen MR) is 120 cm³/mol. The van der Waals surface area contributed by atoms with Gasteiger partial charge in [-0.1, -0.05) is 12.1 Å². The second-order valence-corrected chi connectivity index (χ2v) is 8.24. The Balaban J connectivity index is 1.64. The van der Waals surface area contributed by atoms with Crippen LogP contribution >= 0.6 is 0 Å². The highest BCUT2D eigenvalue weighted by molar-refractivity contribution is 5.86. The number of ether oxygens (including phenoxy) is 1. The van der Waals surface area contributed by atoms with Gasteiger partial charge in [0.2, 0.25) is 5.91 Å². The number of carbonyl (C=O) groups excluding carboxylic acids is 2. The molecule has 0 saturated heterocycles. The number of alkyl carbamates (subject to hydrolysis) is 1. The summed E-state index contributed by atoms with van der Waals surface area (Å²) in [6.07, 6.45) is 6.37. The van der Waals surface area contributed by atoms with E-state index in [9.17, 15) is 9.59 Å². The lowest BCUT2D eigenvalue weighted by molar-refractivity contribution is -0.123. The smallest absolute Gasteiger partial charge is 0.408 e. The summed E-state index contributed by atoms with van der Waals surface area (Å²) in [6.45, 7) is 5.58. The normalized spacial score (nSPS) is 12.0. The molecule has 166 valence electrons. The molecule has 3 aromatic heterocycles. The summed E-state index contributed by atoms with van der Waals surface area (Å²) < 4.78 is 5.32. The third kappa shape index (κ3) is 7.16. The van der Waals surface area contributed by atoms with Crippen LogP contribution in [0.2, 0.25) is 0 Å². The summed E-state index contributed by atoms with van der Waals surface area (Å²) in [6, 6.07) is 12.2. The third-order valence-electron chi connectivity index (χ3n) is 4.42. The maximum absolute atomic E-state index is 12.9. The zero-order valence-electron chi connectivity index (χ0n) is 18.4. The molecular weight excluding hydrogens is 406 g/mol. The summed E-state index contributed by atoms with van der Waals surface area (Å²) in [5, 5.41) is 5.54. The molecule has 0 spiro atoms. The molecule has 0 radical (unpaired) electrons. The van der Waals surface area contributed by atoms with Crippen LogP contribution in [-0.4, -0.2) is 38.6 Å². The van der Waals surface area contributed by atoms with Crippen LogP contribution in [0.3, 0.4) is 0 Å². The molecule has 1 atom stereocenters. The number of nitrogens with one attached hydrogen (secondary N) is 2. The fourth-order valence-corrected chi connectivity index (χ4v) is 2.92. The van der Waals surface area contributed by atoms with E-state index in [-0.39, 0.29) is 12.5 Å². The lowest BCUT2D eigenvalue weighted by atomic mass is 10.1. The molecular formula is C24H27N5O3. The lowest BCUT2D eigenvalue weighted by Crippen LogP contribution is -2.49. The van der Waals surface area contributed by atoms with Gasteiger partial charge in [0.25, 0.3) is 0 Å². The minimum Gasteiger partial charge on any atom is -0.444 e. The van der Waals surface area contributed by atoms with Crippen molar-refractivity contribution < 1.29 is 14.3 Å². The first-order valence-corrected chi connectivity index (χ1v) is 10.3. The summed E-state index contributed by atoms with van der Waals surface area (Å²) in [7, 11) is 0. The van der Waals surface area contributed by atoms with Crippen molar-refractivity contribution in [2.24, 2.45) is 0 Å². The van der Waals surface area contributed by atoms with Gasteiger partial charge in [0.1, 0.15) is 11.6 Å². The van der Waals surface area contributed by atoms with Gasteiger partial charge in [0.05, 0.1) is 11.4 Å². The van der Waals surface area contributed by atoms with E-state index in [1.165, 1.54) is 0 Å². The van der Waals surface area contributed by atoms with Gasteiger partial charge in [-0.2, -0.15) is 0 Å². The number of aromatic nitrogens is 3. The number of hydrogen-bond donors (Lipinski definition) is 2. The number of amides is 2. The minimum atomic E-state index is -0.798. The van der Waals surface area contributed by atoms with Crippen molar-refractivity contribution >= 4 is 12.0 Å². The predicted octanol–water partition coefficient (Wildman–Crippen LogP) is 3.29. The Labute approximate surface area is 187 Å². The van der Waals surface area contributed by atoms with Crippen molar-refractivity contribution in [3.05, 3.63) is 78.4 Å². The molecule has 0 unspecified atom stereocenters. The van der Waals surface area contributed by atoms with Crippen LogP contribution in [0, 0.1) is 0 Å². The zero-order valence-corrected chi connectivity index (χ0v) is 18.4. The van der Waals surface area contributed by atoms with Crippen LogP contribution in [0.4, 0.5) is 4.79 Å². The monoisotopic (exact) mass is 433 g/mol. The van der Waals surface area contributed by atoms with Crippen molar-refractivity contribution in [1.29, 1.82) is 0 Å². The highest BCUT2D eigenvalue weighted by Gasteiger charge is 2.24. The molecule has 8 nitrogen and oxygen atoms in total. The van der Waals surface area contributed by atoms with Gasteiger partial charge < -0.3 is 15.4 Å². The van der Waals surface area contributed by atoms with Gasteiger partial charge in [0.15, 0.2) is 0 Å². The molecule has 0 bridgehead atoms. The van der Waals surface area contributed by atoms with Crippen molar-refractivity contribution in [2.75, 3.05) is 0 Å². The molecule has 0 aliphatic rings. The van der Waals surface area contributed by atoms with Gasteiger partial charge in [-0.05, 0) is 62.2 Å². The largest absolute Gasteiger partial charge is 0.444 e. The van der Waals surface area contributed by atoms with E-state index >= 15 is 0 Å².